The molecule has 0 aliphatic heterocycles. The summed E-state index contributed by atoms with van der Waals surface area (Å²) in [7, 11) is 1.51. The van der Waals surface area contributed by atoms with Crippen LogP contribution in [0.25, 0.3) is 0 Å². The van der Waals surface area contributed by atoms with E-state index >= 15 is 0 Å². The zero-order valence-corrected chi connectivity index (χ0v) is 18.6. The van der Waals surface area contributed by atoms with Gasteiger partial charge in [0.05, 0.1) is 6.61 Å². The second kappa shape index (κ2) is 12.2. The molecule has 30 heavy (non-hydrogen) atoms. The Kier molecular flexibility index (Phi) is 10.3. The van der Waals surface area contributed by atoms with E-state index in [9.17, 15) is 14.4 Å². The van der Waals surface area contributed by atoms with Crippen LogP contribution in [0.15, 0.2) is 24.3 Å². The molecule has 4 N–H and O–H groups in total. The first-order valence-corrected chi connectivity index (χ1v) is 10.2. The number of hydroxylamine groups is 1. The molecule has 1 aromatic rings. The van der Waals surface area contributed by atoms with Crippen LogP contribution in [0.1, 0.15) is 52.0 Å². The van der Waals surface area contributed by atoms with Gasteiger partial charge in [-0.1, -0.05) is 38.5 Å². The van der Waals surface area contributed by atoms with Crippen molar-refractivity contribution in [1.29, 1.82) is 0 Å². The average molecular weight is 422 g/mol. The molecule has 0 heterocycles. The molecule has 1 rings (SSSR count). The summed E-state index contributed by atoms with van der Waals surface area (Å²) in [5.41, 5.74) is 2.23. The Hall–Kier alpha value is -2.61. The number of carbonyl (C=O) groups excluding carboxylic acids is 3. The molecule has 8 nitrogen and oxygen atoms in total. The Balaban J connectivity index is 2.64. The number of hydrogen-bond acceptors (Lipinski definition) is 5. The number of carbonyl (C=O) groups is 3. The molecule has 168 valence electrons. The third-order valence-electron chi connectivity index (χ3n) is 4.83. The molecule has 3 amide bonds. The van der Waals surface area contributed by atoms with Crippen molar-refractivity contribution in [1.82, 2.24) is 16.1 Å². The molecule has 0 spiro atoms. The fourth-order valence-corrected chi connectivity index (χ4v) is 2.99. The van der Waals surface area contributed by atoms with E-state index in [1.165, 1.54) is 7.05 Å². The van der Waals surface area contributed by atoms with E-state index in [1.54, 1.807) is 5.48 Å². The van der Waals surface area contributed by atoms with Crippen molar-refractivity contribution >= 4 is 17.7 Å². The van der Waals surface area contributed by atoms with Gasteiger partial charge in [-0.05, 0) is 43.7 Å². The Morgan fingerprint density at radius 1 is 1.07 bits per heavy atom. The summed E-state index contributed by atoms with van der Waals surface area (Å²) in [6.45, 7) is 8.05. The number of nitrogens with one attached hydrogen (secondary N) is 3. The fourth-order valence-electron chi connectivity index (χ4n) is 2.99. The van der Waals surface area contributed by atoms with Gasteiger partial charge in [0.2, 0.25) is 17.7 Å². The van der Waals surface area contributed by atoms with E-state index in [0.29, 0.717) is 25.9 Å². The number of unbranched alkanes of at least 4 members (excludes halogenated alkanes) is 1. The molecule has 0 saturated heterocycles. The highest BCUT2D eigenvalue weighted by Crippen LogP contribution is 2.21. The van der Waals surface area contributed by atoms with Gasteiger partial charge in [-0.25, -0.2) is 5.48 Å². The van der Waals surface area contributed by atoms with Crippen molar-refractivity contribution in [3.8, 4) is 5.75 Å². The van der Waals surface area contributed by atoms with E-state index < -0.39 is 23.3 Å². The third kappa shape index (κ3) is 8.82. The van der Waals surface area contributed by atoms with Gasteiger partial charge < -0.3 is 15.4 Å². The van der Waals surface area contributed by atoms with Crippen molar-refractivity contribution in [2.75, 3.05) is 13.7 Å². The molecule has 0 aromatic heterocycles. The summed E-state index contributed by atoms with van der Waals surface area (Å²) >= 11 is 0. The molecular formula is C22H35N3O5. The number of hydrogen-bond donors (Lipinski definition) is 4. The lowest BCUT2D eigenvalue weighted by Crippen LogP contribution is -2.54. The summed E-state index contributed by atoms with van der Waals surface area (Å²) in [4.78, 5) is 36.6. The van der Waals surface area contributed by atoms with Crippen molar-refractivity contribution in [2.24, 2.45) is 11.3 Å². The maximum absolute atomic E-state index is 12.8. The predicted octanol–water partition coefficient (Wildman–Crippen LogP) is 2.33. The van der Waals surface area contributed by atoms with E-state index in [1.807, 2.05) is 52.0 Å². The minimum Gasteiger partial charge on any atom is -0.494 e. The Bertz CT molecular complexity index is 698. The van der Waals surface area contributed by atoms with Crippen molar-refractivity contribution in [3.05, 3.63) is 29.8 Å². The lowest BCUT2D eigenvalue weighted by atomic mass is 9.85. The van der Waals surface area contributed by atoms with Crippen LogP contribution in [-0.4, -0.2) is 42.6 Å². The number of rotatable bonds is 11. The van der Waals surface area contributed by atoms with E-state index in [0.717, 1.165) is 11.3 Å². The second-order valence-corrected chi connectivity index (χ2v) is 8.52. The first-order chi connectivity index (χ1) is 14.1. The molecule has 0 bridgehead atoms. The number of aryl methyl sites for hydroxylation is 1. The summed E-state index contributed by atoms with van der Waals surface area (Å²) < 4.78 is 5.69. The fraction of sp³-hybridized carbons (Fsp3) is 0.591. The first kappa shape index (κ1) is 25.4. The molecule has 2 atom stereocenters. The minimum absolute atomic E-state index is 0.161. The zero-order chi connectivity index (χ0) is 22.7. The second-order valence-electron chi connectivity index (χ2n) is 8.52. The average Bonchev–Trinajstić information content (AvgIpc) is 2.70. The molecule has 0 saturated carbocycles. The van der Waals surface area contributed by atoms with Crippen LogP contribution in [-0.2, 0) is 14.4 Å². The topological polar surface area (TPSA) is 117 Å². The van der Waals surface area contributed by atoms with Gasteiger partial charge in [0.1, 0.15) is 11.8 Å². The van der Waals surface area contributed by atoms with Gasteiger partial charge in [0.25, 0.3) is 0 Å². The number of benzene rings is 1. The van der Waals surface area contributed by atoms with Crippen molar-refractivity contribution < 1.29 is 24.3 Å². The summed E-state index contributed by atoms with van der Waals surface area (Å²) in [5, 5.41) is 14.2. The lowest BCUT2D eigenvalue weighted by Gasteiger charge is -2.31. The van der Waals surface area contributed by atoms with Crippen molar-refractivity contribution in [3.63, 3.8) is 0 Å². The van der Waals surface area contributed by atoms with Gasteiger partial charge in [-0.2, -0.15) is 0 Å². The quantitative estimate of drug-likeness (QED) is 0.249. The SMILES string of the molecule is CNC(=O)[C@@H](NC(=O)[C@H](CCCCOc1ccc(C)cc1)CC(=O)NO)C(C)(C)C. The summed E-state index contributed by atoms with van der Waals surface area (Å²) in [5.74, 6) is -1.20. The molecule has 0 unspecified atom stereocenters. The monoisotopic (exact) mass is 421 g/mol. The van der Waals surface area contributed by atoms with Gasteiger partial charge in [-0.3, -0.25) is 19.6 Å². The van der Waals surface area contributed by atoms with E-state index in [-0.39, 0.29) is 18.2 Å². The van der Waals surface area contributed by atoms with Gasteiger partial charge in [0.15, 0.2) is 0 Å². The molecule has 0 aliphatic carbocycles. The Morgan fingerprint density at radius 3 is 2.23 bits per heavy atom. The molecule has 0 aliphatic rings. The predicted molar refractivity (Wildman–Crippen MR) is 114 cm³/mol. The highest BCUT2D eigenvalue weighted by molar-refractivity contribution is 5.90. The van der Waals surface area contributed by atoms with Crippen LogP contribution >= 0.6 is 0 Å². The highest BCUT2D eigenvalue weighted by atomic mass is 16.5. The van der Waals surface area contributed by atoms with E-state index in [4.69, 9.17) is 9.94 Å². The van der Waals surface area contributed by atoms with Crippen LogP contribution < -0.4 is 20.9 Å². The Labute approximate surface area is 178 Å². The lowest BCUT2D eigenvalue weighted by molar-refractivity contribution is -0.137. The largest absolute Gasteiger partial charge is 0.494 e. The van der Waals surface area contributed by atoms with Crippen LogP contribution in [0.5, 0.6) is 5.75 Å². The van der Waals surface area contributed by atoms with Gasteiger partial charge >= 0.3 is 0 Å². The normalized spacial score (nSPS) is 13.1. The van der Waals surface area contributed by atoms with Crippen LogP contribution in [0.4, 0.5) is 0 Å². The summed E-state index contributed by atoms with van der Waals surface area (Å²) in [6.07, 6.45) is 1.63. The third-order valence-corrected chi connectivity index (χ3v) is 4.83. The van der Waals surface area contributed by atoms with Crippen LogP contribution in [0.3, 0.4) is 0 Å². The molecule has 1 aromatic carbocycles. The molecular weight excluding hydrogens is 386 g/mol. The van der Waals surface area contributed by atoms with Crippen LogP contribution in [0, 0.1) is 18.3 Å². The minimum atomic E-state index is -0.737. The summed E-state index contributed by atoms with van der Waals surface area (Å²) in [6, 6.07) is 7.02. The highest BCUT2D eigenvalue weighted by Gasteiger charge is 2.34. The number of amides is 3. The molecule has 0 radical (unpaired) electrons. The molecule has 8 heteroatoms. The van der Waals surface area contributed by atoms with Crippen molar-refractivity contribution in [2.45, 2.75) is 59.4 Å². The van der Waals surface area contributed by atoms with Gasteiger partial charge in [0, 0.05) is 19.4 Å². The Morgan fingerprint density at radius 2 is 1.70 bits per heavy atom. The number of ether oxygens (including phenoxy) is 1. The maximum Gasteiger partial charge on any atom is 0.244 e. The maximum atomic E-state index is 12.8. The smallest absolute Gasteiger partial charge is 0.244 e. The number of likely N-dealkylation sites (N-methyl/N-ethyl adjacent to an activating group) is 1. The van der Waals surface area contributed by atoms with E-state index in [2.05, 4.69) is 10.6 Å². The first-order valence-electron chi connectivity index (χ1n) is 10.2. The van der Waals surface area contributed by atoms with Crippen LogP contribution in [0.2, 0.25) is 0 Å². The zero-order valence-electron chi connectivity index (χ0n) is 18.6. The standard InChI is InChI=1S/C22H35N3O5/c1-15-9-11-17(12-10-15)30-13-7-6-8-16(14-18(26)25-29)20(27)24-19(21(28)23-5)22(2,3)4/h9-12,16,19,29H,6-8,13-14H2,1-5H3,(H,23,28)(H,24,27)(H,25,26)/t16-,19-/m1/s1. The molecule has 0 fully saturated rings. The van der Waals surface area contributed by atoms with Gasteiger partial charge in [-0.15, -0.1) is 0 Å².